The summed E-state index contributed by atoms with van der Waals surface area (Å²) in [5.41, 5.74) is 8.20. The number of benzene rings is 1. The van der Waals surface area contributed by atoms with Gasteiger partial charge >= 0.3 is 0 Å². The molecule has 0 fully saturated rings. The molecule has 0 saturated carbocycles. The normalized spacial score (nSPS) is 12.5. The largest absolute Gasteiger partial charge is 0.464 e. The summed E-state index contributed by atoms with van der Waals surface area (Å²) in [6, 6.07) is 8.18. The smallest absolute Gasteiger partial charge is 0.134 e. The Morgan fingerprint density at radius 1 is 1.26 bits per heavy atom. The highest BCUT2D eigenvalue weighted by molar-refractivity contribution is 5.80. The lowest BCUT2D eigenvalue weighted by molar-refractivity contribution is 0.249. The molecule has 0 atom stereocenters. The predicted molar refractivity (Wildman–Crippen MR) is 80.0 cm³/mol. The van der Waals surface area contributed by atoms with Gasteiger partial charge in [-0.1, -0.05) is 32.0 Å². The van der Waals surface area contributed by atoms with Crippen LogP contribution in [0.1, 0.15) is 25.8 Å². The Balaban J connectivity index is 1.97. The van der Waals surface area contributed by atoms with E-state index in [-0.39, 0.29) is 5.41 Å². The summed E-state index contributed by atoms with van der Waals surface area (Å²) in [5.74, 6) is 0. The van der Waals surface area contributed by atoms with E-state index in [1.54, 1.807) is 0 Å². The summed E-state index contributed by atoms with van der Waals surface area (Å²) in [6.45, 7) is 7.12. The highest BCUT2D eigenvalue weighted by atomic mass is 16.3. The van der Waals surface area contributed by atoms with Gasteiger partial charge in [0.2, 0.25) is 0 Å². The fourth-order valence-electron chi connectivity index (χ4n) is 2.12. The summed E-state index contributed by atoms with van der Waals surface area (Å²) in [7, 11) is 2.15. The lowest BCUT2D eigenvalue weighted by Gasteiger charge is -2.25. The van der Waals surface area contributed by atoms with Crippen molar-refractivity contribution in [3.8, 4) is 0 Å². The minimum Gasteiger partial charge on any atom is -0.464 e. The molecule has 1 heterocycles. The molecule has 0 aliphatic carbocycles. The van der Waals surface area contributed by atoms with Gasteiger partial charge in [-0.25, -0.2) is 0 Å². The highest BCUT2D eigenvalue weighted by Crippen LogP contribution is 2.23. The number of fused-ring (bicyclic) bond motifs is 1. The van der Waals surface area contributed by atoms with Crippen LogP contribution in [0.4, 0.5) is 0 Å². The maximum absolute atomic E-state index is 5.77. The van der Waals surface area contributed by atoms with E-state index < -0.39 is 0 Å². The second-order valence-corrected chi connectivity index (χ2v) is 6.11. The zero-order valence-corrected chi connectivity index (χ0v) is 12.1. The number of furan rings is 1. The maximum atomic E-state index is 5.77. The molecule has 0 unspecified atom stereocenters. The van der Waals surface area contributed by atoms with Crippen molar-refractivity contribution >= 4 is 11.0 Å². The van der Waals surface area contributed by atoms with Crippen LogP contribution in [-0.4, -0.2) is 25.0 Å². The van der Waals surface area contributed by atoms with E-state index in [1.165, 1.54) is 10.9 Å². The van der Waals surface area contributed by atoms with Gasteiger partial charge < -0.3 is 15.1 Å². The molecule has 1 aromatic carbocycles. The number of nitrogens with zero attached hydrogens (tertiary/aromatic N) is 1. The van der Waals surface area contributed by atoms with Crippen molar-refractivity contribution in [2.24, 2.45) is 11.1 Å². The molecule has 0 amide bonds. The number of rotatable bonds is 6. The average Bonchev–Trinajstić information content (AvgIpc) is 2.80. The van der Waals surface area contributed by atoms with Crippen LogP contribution in [0.2, 0.25) is 0 Å². The van der Waals surface area contributed by atoms with E-state index in [2.05, 4.69) is 37.9 Å². The zero-order chi connectivity index (χ0) is 13.9. The minimum absolute atomic E-state index is 0.215. The molecule has 3 nitrogen and oxygen atoms in total. The third-order valence-corrected chi connectivity index (χ3v) is 3.72. The van der Waals surface area contributed by atoms with Crippen LogP contribution in [0.3, 0.4) is 0 Å². The quantitative estimate of drug-likeness (QED) is 0.867. The highest BCUT2D eigenvalue weighted by Gasteiger charge is 2.16. The van der Waals surface area contributed by atoms with Crippen LogP contribution < -0.4 is 5.73 Å². The van der Waals surface area contributed by atoms with Crippen molar-refractivity contribution in [3.05, 3.63) is 36.1 Å². The van der Waals surface area contributed by atoms with Crippen molar-refractivity contribution < 1.29 is 4.42 Å². The Morgan fingerprint density at radius 2 is 2.00 bits per heavy atom. The lowest BCUT2D eigenvalue weighted by atomic mass is 9.89. The van der Waals surface area contributed by atoms with Gasteiger partial charge in [0.15, 0.2) is 0 Å². The molecule has 0 bridgehead atoms. The Morgan fingerprint density at radius 3 is 2.74 bits per heavy atom. The molecular formula is C16H24N2O. The first-order valence-electron chi connectivity index (χ1n) is 6.85. The Labute approximate surface area is 115 Å². The van der Waals surface area contributed by atoms with Crippen molar-refractivity contribution in [1.29, 1.82) is 0 Å². The molecule has 3 heteroatoms. The van der Waals surface area contributed by atoms with Crippen molar-refractivity contribution in [3.63, 3.8) is 0 Å². The Hall–Kier alpha value is -1.32. The van der Waals surface area contributed by atoms with E-state index in [0.717, 1.165) is 31.6 Å². The van der Waals surface area contributed by atoms with Gasteiger partial charge in [0.1, 0.15) is 5.58 Å². The molecule has 0 aliphatic rings. The summed E-state index contributed by atoms with van der Waals surface area (Å²) in [4.78, 5) is 2.33. The molecule has 1 aromatic heterocycles. The van der Waals surface area contributed by atoms with Crippen LogP contribution in [0.15, 0.2) is 34.9 Å². The van der Waals surface area contributed by atoms with Gasteiger partial charge in [-0.15, -0.1) is 0 Å². The third kappa shape index (κ3) is 3.58. The third-order valence-electron chi connectivity index (χ3n) is 3.72. The van der Waals surface area contributed by atoms with Gasteiger partial charge in [0.25, 0.3) is 0 Å². The van der Waals surface area contributed by atoms with E-state index in [9.17, 15) is 0 Å². The first kappa shape index (κ1) is 14.1. The molecule has 104 valence electrons. The van der Waals surface area contributed by atoms with Gasteiger partial charge in [0, 0.05) is 17.5 Å². The predicted octanol–water partition coefficient (Wildman–Crippen LogP) is 3.24. The molecule has 2 N–H and O–H groups in total. The lowest BCUT2D eigenvalue weighted by Crippen LogP contribution is -2.29. The summed E-state index contributed by atoms with van der Waals surface area (Å²) >= 11 is 0. The second kappa shape index (κ2) is 5.76. The summed E-state index contributed by atoms with van der Waals surface area (Å²) in [5, 5.41) is 1.22. The van der Waals surface area contributed by atoms with Crippen LogP contribution in [0.5, 0.6) is 0 Å². The zero-order valence-electron chi connectivity index (χ0n) is 12.1. The molecule has 0 spiro atoms. The SMILES string of the molecule is CN(CCC(C)(C)CN)Cc1coc2ccccc12. The van der Waals surface area contributed by atoms with E-state index in [4.69, 9.17) is 10.2 Å². The molecule has 19 heavy (non-hydrogen) atoms. The molecule has 2 aromatic rings. The van der Waals surface area contributed by atoms with Crippen molar-refractivity contribution in [2.45, 2.75) is 26.8 Å². The van der Waals surface area contributed by atoms with Gasteiger partial charge in [-0.2, -0.15) is 0 Å². The molecular weight excluding hydrogens is 236 g/mol. The summed E-state index contributed by atoms with van der Waals surface area (Å²) < 4.78 is 5.57. The number of para-hydroxylation sites is 1. The first-order valence-corrected chi connectivity index (χ1v) is 6.85. The van der Waals surface area contributed by atoms with E-state index in [1.807, 2.05) is 18.4 Å². The fourth-order valence-corrected chi connectivity index (χ4v) is 2.12. The molecule has 0 aliphatic heterocycles. The summed E-state index contributed by atoms with van der Waals surface area (Å²) in [6.07, 6.45) is 2.98. The first-order chi connectivity index (χ1) is 9.02. The van der Waals surface area contributed by atoms with Crippen LogP contribution >= 0.6 is 0 Å². The topological polar surface area (TPSA) is 42.4 Å². The van der Waals surface area contributed by atoms with Gasteiger partial charge in [-0.05, 0) is 38.0 Å². The maximum Gasteiger partial charge on any atom is 0.134 e. The van der Waals surface area contributed by atoms with Gasteiger partial charge in [0.05, 0.1) is 6.26 Å². The number of hydrogen-bond donors (Lipinski definition) is 1. The van der Waals surface area contributed by atoms with E-state index >= 15 is 0 Å². The van der Waals surface area contributed by atoms with Crippen LogP contribution in [0, 0.1) is 5.41 Å². The van der Waals surface area contributed by atoms with Gasteiger partial charge in [-0.3, -0.25) is 0 Å². The molecule has 0 radical (unpaired) electrons. The molecule has 0 saturated heterocycles. The molecule has 2 rings (SSSR count). The second-order valence-electron chi connectivity index (χ2n) is 6.11. The van der Waals surface area contributed by atoms with E-state index in [0.29, 0.717) is 0 Å². The van der Waals surface area contributed by atoms with Crippen LogP contribution in [0.25, 0.3) is 11.0 Å². The van der Waals surface area contributed by atoms with Crippen LogP contribution in [-0.2, 0) is 6.54 Å². The number of hydrogen-bond acceptors (Lipinski definition) is 3. The van der Waals surface area contributed by atoms with Crippen molar-refractivity contribution in [2.75, 3.05) is 20.1 Å². The standard InChI is InChI=1S/C16H24N2O/c1-16(2,12-17)8-9-18(3)10-13-11-19-15-7-5-4-6-14(13)15/h4-7,11H,8-10,12,17H2,1-3H3. The average molecular weight is 260 g/mol. The monoisotopic (exact) mass is 260 g/mol. The van der Waals surface area contributed by atoms with Crippen molar-refractivity contribution in [1.82, 2.24) is 4.90 Å². The fraction of sp³-hybridized carbons (Fsp3) is 0.500. The Kier molecular flexibility index (Phi) is 4.27. The minimum atomic E-state index is 0.215. The number of nitrogens with two attached hydrogens (primary N) is 1. The Bertz CT molecular complexity index is 530.